The predicted molar refractivity (Wildman–Crippen MR) is 105 cm³/mol. The number of furan rings is 1. The molecule has 2 aromatic heterocycles. The van der Waals surface area contributed by atoms with Crippen LogP contribution in [0.1, 0.15) is 13.8 Å². The van der Waals surface area contributed by atoms with Crippen molar-refractivity contribution in [2.75, 3.05) is 23.3 Å². The van der Waals surface area contributed by atoms with Crippen LogP contribution >= 0.6 is 0 Å². The minimum atomic E-state index is -0.350. The summed E-state index contributed by atoms with van der Waals surface area (Å²) in [7, 11) is 0. The molecule has 7 heteroatoms. The van der Waals surface area contributed by atoms with Crippen molar-refractivity contribution in [1.82, 2.24) is 9.78 Å². The predicted octanol–water partition coefficient (Wildman–Crippen LogP) is 2.99. The van der Waals surface area contributed by atoms with Gasteiger partial charge in [-0.3, -0.25) is 9.59 Å². The second kappa shape index (κ2) is 8.35. The summed E-state index contributed by atoms with van der Waals surface area (Å²) in [5.41, 5.74) is 1.92. The maximum absolute atomic E-state index is 12.3. The van der Waals surface area contributed by atoms with Crippen molar-refractivity contribution in [1.29, 1.82) is 0 Å². The molecule has 140 valence electrons. The number of aromatic nitrogens is 2. The normalized spacial score (nSPS) is 10.6. The van der Waals surface area contributed by atoms with Gasteiger partial charge >= 0.3 is 0 Å². The first-order chi connectivity index (χ1) is 13.1. The molecule has 1 aromatic carbocycles. The van der Waals surface area contributed by atoms with Crippen LogP contribution in [-0.2, 0) is 11.3 Å². The molecule has 0 fully saturated rings. The minimum Gasteiger partial charge on any atom is -0.463 e. The van der Waals surface area contributed by atoms with Crippen LogP contribution in [0.15, 0.2) is 64.0 Å². The minimum absolute atomic E-state index is 0.175. The van der Waals surface area contributed by atoms with E-state index in [0.717, 1.165) is 23.5 Å². The average Bonchev–Trinajstić information content (AvgIpc) is 3.20. The maximum atomic E-state index is 12.3. The number of nitrogens with zero attached hydrogens (tertiary/aromatic N) is 3. The van der Waals surface area contributed by atoms with E-state index in [1.54, 1.807) is 18.2 Å². The molecule has 0 radical (unpaired) electrons. The topological polar surface area (TPSA) is 80.4 Å². The van der Waals surface area contributed by atoms with Crippen LogP contribution in [0.25, 0.3) is 11.5 Å². The van der Waals surface area contributed by atoms with Crippen molar-refractivity contribution >= 4 is 17.3 Å². The van der Waals surface area contributed by atoms with Gasteiger partial charge in [0.1, 0.15) is 12.2 Å². The van der Waals surface area contributed by atoms with E-state index < -0.39 is 0 Å². The van der Waals surface area contributed by atoms with E-state index in [2.05, 4.69) is 29.2 Å². The van der Waals surface area contributed by atoms with Gasteiger partial charge in [-0.1, -0.05) is 0 Å². The van der Waals surface area contributed by atoms with E-state index in [1.807, 2.05) is 24.3 Å². The first-order valence-electron chi connectivity index (χ1n) is 8.87. The largest absolute Gasteiger partial charge is 0.463 e. The quantitative estimate of drug-likeness (QED) is 0.695. The average molecular weight is 366 g/mol. The Morgan fingerprint density at radius 1 is 1.11 bits per heavy atom. The van der Waals surface area contributed by atoms with Gasteiger partial charge in [0.05, 0.1) is 6.26 Å². The Bertz CT molecular complexity index is 942. The Hall–Kier alpha value is -3.35. The van der Waals surface area contributed by atoms with Gasteiger partial charge in [0.15, 0.2) is 5.76 Å². The number of nitrogens with one attached hydrogen (secondary N) is 1. The van der Waals surface area contributed by atoms with Gasteiger partial charge in [0.2, 0.25) is 5.91 Å². The van der Waals surface area contributed by atoms with E-state index >= 15 is 0 Å². The molecule has 7 nitrogen and oxygen atoms in total. The summed E-state index contributed by atoms with van der Waals surface area (Å²) < 4.78 is 6.40. The fourth-order valence-corrected chi connectivity index (χ4v) is 2.80. The first kappa shape index (κ1) is 18.4. The third kappa shape index (κ3) is 4.44. The molecule has 27 heavy (non-hydrogen) atoms. The Balaban J connectivity index is 1.69. The molecule has 0 saturated carbocycles. The van der Waals surface area contributed by atoms with Gasteiger partial charge < -0.3 is 14.6 Å². The number of carbonyl (C=O) groups is 1. The Morgan fingerprint density at radius 2 is 1.85 bits per heavy atom. The molecule has 0 aliphatic rings. The van der Waals surface area contributed by atoms with Crippen LogP contribution in [0.2, 0.25) is 0 Å². The highest BCUT2D eigenvalue weighted by Gasteiger charge is 2.10. The molecule has 0 aliphatic carbocycles. The zero-order chi connectivity index (χ0) is 19.2. The van der Waals surface area contributed by atoms with Crippen LogP contribution in [0.5, 0.6) is 0 Å². The smallest absolute Gasteiger partial charge is 0.267 e. The first-order valence-corrected chi connectivity index (χ1v) is 8.87. The van der Waals surface area contributed by atoms with Crippen molar-refractivity contribution in [3.05, 3.63) is 65.1 Å². The van der Waals surface area contributed by atoms with Crippen LogP contribution < -0.4 is 15.8 Å². The maximum Gasteiger partial charge on any atom is 0.267 e. The lowest BCUT2D eigenvalue weighted by atomic mass is 10.2. The van der Waals surface area contributed by atoms with Gasteiger partial charge in [-0.15, -0.1) is 0 Å². The number of carbonyl (C=O) groups excluding carboxylic acids is 1. The van der Waals surface area contributed by atoms with Crippen LogP contribution in [0.4, 0.5) is 11.4 Å². The number of amides is 1. The molecule has 1 N–H and O–H groups in total. The van der Waals surface area contributed by atoms with E-state index in [-0.39, 0.29) is 18.0 Å². The summed E-state index contributed by atoms with van der Waals surface area (Å²) in [6.45, 7) is 5.86. The van der Waals surface area contributed by atoms with Gasteiger partial charge in [0, 0.05) is 30.5 Å². The molecule has 0 saturated heterocycles. The molecule has 0 aliphatic heterocycles. The second-order valence-electron chi connectivity index (χ2n) is 5.96. The summed E-state index contributed by atoms with van der Waals surface area (Å²) in [4.78, 5) is 26.5. The summed E-state index contributed by atoms with van der Waals surface area (Å²) in [5.74, 6) is 0.216. The number of benzene rings is 1. The lowest BCUT2D eigenvalue weighted by Gasteiger charge is -2.21. The van der Waals surface area contributed by atoms with Crippen molar-refractivity contribution in [2.24, 2.45) is 0 Å². The molecule has 3 aromatic rings. The number of rotatable bonds is 7. The van der Waals surface area contributed by atoms with Gasteiger partial charge in [0.25, 0.3) is 5.56 Å². The molecule has 0 spiro atoms. The summed E-state index contributed by atoms with van der Waals surface area (Å²) >= 11 is 0. The molecule has 3 rings (SSSR count). The molecular weight excluding hydrogens is 344 g/mol. The van der Waals surface area contributed by atoms with Crippen molar-refractivity contribution < 1.29 is 9.21 Å². The summed E-state index contributed by atoms with van der Waals surface area (Å²) in [6, 6.07) is 14.0. The molecule has 1 amide bonds. The Morgan fingerprint density at radius 3 is 2.48 bits per heavy atom. The summed E-state index contributed by atoms with van der Waals surface area (Å²) in [6.07, 6.45) is 1.53. The van der Waals surface area contributed by atoms with E-state index in [1.165, 1.54) is 12.3 Å². The van der Waals surface area contributed by atoms with E-state index in [0.29, 0.717) is 17.1 Å². The molecule has 2 heterocycles. The number of anilines is 2. The fraction of sp³-hybridized carbons (Fsp3) is 0.250. The highest BCUT2D eigenvalue weighted by molar-refractivity contribution is 5.90. The van der Waals surface area contributed by atoms with E-state index in [4.69, 9.17) is 4.42 Å². The zero-order valence-electron chi connectivity index (χ0n) is 15.4. The number of hydrogen-bond donors (Lipinski definition) is 1. The Labute approximate surface area is 157 Å². The SMILES string of the molecule is CCN(CC)c1ccc(NC(=O)Cn2nc(-c3ccco3)ccc2=O)cc1. The lowest BCUT2D eigenvalue weighted by molar-refractivity contribution is -0.117. The van der Waals surface area contributed by atoms with Crippen LogP contribution in [0, 0.1) is 0 Å². The van der Waals surface area contributed by atoms with Crippen molar-refractivity contribution in [3.63, 3.8) is 0 Å². The third-order valence-corrected chi connectivity index (χ3v) is 4.21. The monoisotopic (exact) mass is 366 g/mol. The highest BCUT2D eigenvalue weighted by Crippen LogP contribution is 2.18. The molecule has 0 unspecified atom stereocenters. The third-order valence-electron chi connectivity index (χ3n) is 4.21. The van der Waals surface area contributed by atoms with Crippen molar-refractivity contribution in [2.45, 2.75) is 20.4 Å². The molecular formula is C20H22N4O3. The number of hydrogen-bond acceptors (Lipinski definition) is 5. The molecule has 0 atom stereocenters. The fourth-order valence-electron chi connectivity index (χ4n) is 2.80. The van der Waals surface area contributed by atoms with Gasteiger partial charge in [-0.25, -0.2) is 4.68 Å². The van der Waals surface area contributed by atoms with Crippen LogP contribution in [-0.4, -0.2) is 28.8 Å². The van der Waals surface area contributed by atoms with Crippen molar-refractivity contribution in [3.8, 4) is 11.5 Å². The summed E-state index contributed by atoms with van der Waals surface area (Å²) in [5, 5.41) is 6.99. The van der Waals surface area contributed by atoms with Crippen LogP contribution in [0.3, 0.4) is 0 Å². The van der Waals surface area contributed by atoms with E-state index in [9.17, 15) is 9.59 Å². The lowest BCUT2D eigenvalue weighted by Crippen LogP contribution is -2.29. The highest BCUT2D eigenvalue weighted by atomic mass is 16.3. The second-order valence-corrected chi connectivity index (χ2v) is 5.96. The Kier molecular flexibility index (Phi) is 5.71. The standard InChI is InChI=1S/C20H22N4O3/c1-3-23(4-2)16-9-7-15(8-10-16)21-19(25)14-24-20(26)12-11-17(22-24)18-6-5-13-27-18/h5-13H,3-4,14H2,1-2H3,(H,21,25). The molecule has 0 bridgehead atoms. The zero-order valence-corrected chi connectivity index (χ0v) is 15.4. The van der Waals surface area contributed by atoms with Gasteiger partial charge in [-0.05, 0) is 56.3 Å². The van der Waals surface area contributed by atoms with Gasteiger partial charge in [-0.2, -0.15) is 5.10 Å².